The Morgan fingerprint density at radius 2 is 2.04 bits per heavy atom. The Labute approximate surface area is 150 Å². The number of rotatable bonds is 7. The highest BCUT2D eigenvalue weighted by molar-refractivity contribution is 5.97. The lowest BCUT2D eigenvalue weighted by atomic mass is 10.1. The lowest BCUT2D eigenvalue weighted by molar-refractivity contribution is -0.122. The van der Waals surface area contributed by atoms with Crippen molar-refractivity contribution in [2.45, 2.75) is 26.1 Å². The zero-order valence-corrected chi connectivity index (χ0v) is 14.3. The van der Waals surface area contributed by atoms with Gasteiger partial charge in [-0.05, 0) is 24.1 Å². The lowest BCUT2D eigenvalue weighted by Gasteiger charge is -2.15. The first-order valence-corrected chi connectivity index (χ1v) is 8.13. The van der Waals surface area contributed by atoms with Crippen LogP contribution < -0.4 is 10.6 Å². The zero-order chi connectivity index (χ0) is 18.4. The Hall–Kier alpha value is -3.42. The molecule has 0 fully saturated rings. The fourth-order valence-electron chi connectivity index (χ4n) is 2.45. The van der Waals surface area contributed by atoms with Gasteiger partial charge in [0.2, 0.25) is 5.91 Å². The maximum absolute atomic E-state index is 12.3. The molecule has 3 rings (SSSR count). The van der Waals surface area contributed by atoms with E-state index in [2.05, 4.69) is 20.7 Å². The van der Waals surface area contributed by atoms with Crippen LogP contribution in [0.1, 0.15) is 28.4 Å². The van der Waals surface area contributed by atoms with E-state index in [-0.39, 0.29) is 11.8 Å². The summed E-state index contributed by atoms with van der Waals surface area (Å²) in [5.74, 6) is -0.620. The van der Waals surface area contributed by atoms with E-state index in [9.17, 15) is 9.59 Å². The first kappa shape index (κ1) is 17.4. The van der Waals surface area contributed by atoms with Gasteiger partial charge < -0.3 is 15.1 Å². The maximum atomic E-state index is 12.3. The Balaban J connectivity index is 1.56. The van der Waals surface area contributed by atoms with Crippen LogP contribution in [-0.4, -0.2) is 32.6 Å². The van der Waals surface area contributed by atoms with Gasteiger partial charge in [-0.3, -0.25) is 9.59 Å². The minimum atomic E-state index is -0.667. The molecule has 8 heteroatoms. The monoisotopic (exact) mass is 353 g/mol. The highest BCUT2D eigenvalue weighted by Gasteiger charge is 2.17. The van der Waals surface area contributed by atoms with Gasteiger partial charge in [0.15, 0.2) is 0 Å². The average molecular weight is 353 g/mol. The summed E-state index contributed by atoms with van der Waals surface area (Å²) in [4.78, 5) is 28.2. The van der Waals surface area contributed by atoms with Crippen LogP contribution in [0.4, 0.5) is 0 Å². The van der Waals surface area contributed by atoms with Gasteiger partial charge in [-0.1, -0.05) is 24.3 Å². The number of amides is 2. The Bertz CT molecular complexity index is 859. The summed E-state index contributed by atoms with van der Waals surface area (Å²) in [6, 6.07) is 8.65. The van der Waals surface area contributed by atoms with Crippen LogP contribution in [0, 0.1) is 0 Å². The van der Waals surface area contributed by atoms with Crippen molar-refractivity contribution in [3.63, 3.8) is 0 Å². The van der Waals surface area contributed by atoms with Crippen molar-refractivity contribution in [1.82, 2.24) is 25.4 Å². The second kappa shape index (κ2) is 8.11. The van der Waals surface area contributed by atoms with Crippen LogP contribution in [0.25, 0.3) is 0 Å². The molecule has 2 N–H and O–H groups in total. The average Bonchev–Trinajstić information content (AvgIpc) is 3.34. The number of nitrogens with zero attached hydrogens (tertiary/aromatic N) is 3. The van der Waals surface area contributed by atoms with Crippen LogP contribution in [0.2, 0.25) is 0 Å². The number of carbonyl (C=O) groups is 2. The Kier molecular flexibility index (Phi) is 5.43. The van der Waals surface area contributed by atoms with Crippen molar-refractivity contribution in [1.29, 1.82) is 0 Å². The molecule has 8 nitrogen and oxygen atoms in total. The Morgan fingerprint density at radius 3 is 2.73 bits per heavy atom. The summed E-state index contributed by atoms with van der Waals surface area (Å²) < 4.78 is 6.58. The minimum Gasteiger partial charge on any atom is -0.472 e. The fourth-order valence-corrected chi connectivity index (χ4v) is 2.45. The lowest BCUT2D eigenvalue weighted by Crippen LogP contribution is -2.44. The minimum absolute atomic E-state index is 0.266. The molecule has 0 saturated heterocycles. The van der Waals surface area contributed by atoms with E-state index >= 15 is 0 Å². The summed E-state index contributed by atoms with van der Waals surface area (Å²) >= 11 is 0. The van der Waals surface area contributed by atoms with Crippen LogP contribution in [0.5, 0.6) is 0 Å². The summed E-state index contributed by atoms with van der Waals surface area (Å²) in [5.41, 5.74) is 2.39. The molecule has 0 aliphatic heterocycles. The van der Waals surface area contributed by atoms with Crippen molar-refractivity contribution in [2.75, 3.05) is 0 Å². The van der Waals surface area contributed by atoms with Crippen molar-refractivity contribution in [3.05, 3.63) is 72.2 Å². The second-order valence-corrected chi connectivity index (χ2v) is 5.79. The number of furan rings is 1. The number of benzene rings is 1. The summed E-state index contributed by atoms with van der Waals surface area (Å²) in [6.07, 6.45) is 5.86. The van der Waals surface area contributed by atoms with Gasteiger partial charge in [-0.25, -0.2) is 9.67 Å². The van der Waals surface area contributed by atoms with Crippen molar-refractivity contribution >= 4 is 11.8 Å². The number of nitrogens with one attached hydrogen (secondary N) is 2. The predicted molar refractivity (Wildman–Crippen MR) is 93.0 cm³/mol. The zero-order valence-electron chi connectivity index (χ0n) is 14.3. The van der Waals surface area contributed by atoms with Crippen LogP contribution in [0.3, 0.4) is 0 Å². The molecule has 0 spiro atoms. The smallest absolute Gasteiger partial charge is 0.255 e. The topological polar surface area (TPSA) is 102 Å². The Morgan fingerprint density at radius 1 is 1.23 bits per heavy atom. The van der Waals surface area contributed by atoms with Gasteiger partial charge >= 0.3 is 0 Å². The highest BCUT2D eigenvalue weighted by atomic mass is 16.3. The van der Waals surface area contributed by atoms with E-state index in [1.165, 1.54) is 18.9 Å². The molecule has 2 heterocycles. The van der Waals surface area contributed by atoms with E-state index in [0.717, 1.165) is 11.1 Å². The van der Waals surface area contributed by atoms with E-state index in [1.807, 2.05) is 24.3 Å². The standard InChI is InChI=1S/C18H19N5O3/c1-13(22-18(25)16-6-7-26-10-16)17(24)20-8-14-4-2-3-5-15(14)9-23-12-19-11-21-23/h2-7,10-13H,8-9H2,1H3,(H,20,24)(H,22,25)/t13-/m0/s1. The van der Waals surface area contributed by atoms with Gasteiger partial charge in [0.1, 0.15) is 25.0 Å². The molecule has 134 valence electrons. The van der Waals surface area contributed by atoms with Crippen LogP contribution in [0.15, 0.2) is 59.9 Å². The molecule has 2 aromatic heterocycles. The van der Waals surface area contributed by atoms with Gasteiger partial charge in [0.05, 0.1) is 18.4 Å². The SMILES string of the molecule is C[C@H](NC(=O)c1ccoc1)C(=O)NCc1ccccc1Cn1cncn1. The van der Waals surface area contributed by atoms with Gasteiger partial charge in [0, 0.05) is 6.54 Å². The molecule has 0 bridgehead atoms. The molecule has 0 aliphatic rings. The third-order valence-corrected chi connectivity index (χ3v) is 3.89. The first-order chi connectivity index (χ1) is 12.6. The summed E-state index contributed by atoms with van der Waals surface area (Å²) in [5, 5.41) is 9.58. The number of hydrogen-bond donors (Lipinski definition) is 2. The van der Waals surface area contributed by atoms with Gasteiger partial charge in [-0.15, -0.1) is 0 Å². The molecule has 26 heavy (non-hydrogen) atoms. The first-order valence-electron chi connectivity index (χ1n) is 8.13. The van der Waals surface area contributed by atoms with Crippen molar-refractivity contribution in [2.24, 2.45) is 0 Å². The van der Waals surface area contributed by atoms with Crippen LogP contribution in [-0.2, 0) is 17.9 Å². The van der Waals surface area contributed by atoms with Crippen molar-refractivity contribution < 1.29 is 14.0 Å². The quantitative estimate of drug-likeness (QED) is 0.668. The third kappa shape index (κ3) is 4.35. The second-order valence-electron chi connectivity index (χ2n) is 5.79. The summed E-state index contributed by atoms with van der Waals surface area (Å²) in [7, 11) is 0. The highest BCUT2D eigenvalue weighted by Crippen LogP contribution is 2.10. The van der Waals surface area contributed by atoms with Crippen molar-refractivity contribution in [3.8, 4) is 0 Å². The van der Waals surface area contributed by atoms with Gasteiger partial charge in [0.25, 0.3) is 5.91 Å². The third-order valence-electron chi connectivity index (χ3n) is 3.89. The normalized spacial score (nSPS) is 11.7. The molecule has 1 aromatic carbocycles. The van der Waals surface area contributed by atoms with E-state index < -0.39 is 6.04 Å². The van der Waals surface area contributed by atoms with E-state index in [0.29, 0.717) is 18.7 Å². The molecule has 3 aromatic rings. The molecule has 0 saturated carbocycles. The number of aromatic nitrogens is 3. The predicted octanol–water partition coefficient (Wildman–Crippen LogP) is 1.35. The number of carbonyl (C=O) groups excluding carboxylic acids is 2. The molecular formula is C18H19N5O3. The molecule has 1 atom stereocenters. The van der Waals surface area contributed by atoms with Crippen LogP contribution >= 0.6 is 0 Å². The molecular weight excluding hydrogens is 334 g/mol. The van der Waals surface area contributed by atoms with E-state index in [1.54, 1.807) is 24.0 Å². The van der Waals surface area contributed by atoms with Gasteiger partial charge in [-0.2, -0.15) is 5.10 Å². The number of hydrogen-bond acceptors (Lipinski definition) is 5. The molecule has 0 unspecified atom stereocenters. The van der Waals surface area contributed by atoms with E-state index in [4.69, 9.17) is 4.42 Å². The maximum Gasteiger partial charge on any atom is 0.255 e. The largest absolute Gasteiger partial charge is 0.472 e. The molecule has 2 amide bonds. The molecule has 0 aliphatic carbocycles. The summed E-state index contributed by atoms with van der Waals surface area (Å²) in [6.45, 7) is 2.56. The fraction of sp³-hybridized carbons (Fsp3) is 0.222. The molecule has 0 radical (unpaired) electrons.